The Morgan fingerprint density at radius 2 is 1.79 bits per heavy atom. The van der Waals surface area contributed by atoms with Gasteiger partial charge in [-0.15, -0.1) is 0 Å². The molecular formula is C13H13BrN2O2S. The first kappa shape index (κ1) is 14.0. The Bertz CT molecular complexity index is 687. The maximum Gasteiger partial charge on any atom is 0.265 e. The lowest BCUT2D eigenvalue weighted by Gasteiger charge is -2.20. The van der Waals surface area contributed by atoms with Gasteiger partial charge in [0, 0.05) is 23.9 Å². The smallest absolute Gasteiger partial charge is 0.265 e. The monoisotopic (exact) mass is 340 g/mol. The number of benzene rings is 1. The van der Waals surface area contributed by atoms with Crippen LogP contribution in [0.3, 0.4) is 0 Å². The molecule has 0 saturated heterocycles. The summed E-state index contributed by atoms with van der Waals surface area (Å²) >= 11 is 3.31. The Morgan fingerprint density at radius 3 is 2.37 bits per heavy atom. The molecule has 2 rings (SSSR count). The topological polar surface area (TPSA) is 50.3 Å². The molecule has 0 aliphatic heterocycles. The van der Waals surface area contributed by atoms with E-state index >= 15 is 0 Å². The predicted octanol–water partition coefficient (Wildman–Crippen LogP) is 2.98. The number of sulfonamides is 1. The average Bonchev–Trinajstić information content (AvgIpc) is 2.38. The first-order valence-electron chi connectivity index (χ1n) is 5.58. The van der Waals surface area contributed by atoms with Crippen LogP contribution in [0.25, 0.3) is 0 Å². The summed E-state index contributed by atoms with van der Waals surface area (Å²) < 4.78 is 26.9. The van der Waals surface area contributed by atoms with E-state index in [9.17, 15) is 8.42 Å². The predicted molar refractivity (Wildman–Crippen MR) is 78.7 cm³/mol. The second kappa shape index (κ2) is 5.30. The molecular weight excluding hydrogens is 328 g/mol. The van der Waals surface area contributed by atoms with E-state index in [2.05, 4.69) is 20.9 Å². The standard InChI is InChI=1S/C13H13BrN2O2S/c1-10-3-4-13(12(14)9-10)19(17,18)16(2)11-5-7-15-8-6-11/h3-9H,1-2H3. The molecule has 0 radical (unpaired) electrons. The molecule has 0 bridgehead atoms. The van der Waals surface area contributed by atoms with Gasteiger partial charge in [-0.1, -0.05) is 6.07 Å². The molecule has 0 amide bonds. The van der Waals surface area contributed by atoms with E-state index in [1.165, 1.54) is 11.4 Å². The van der Waals surface area contributed by atoms with Gasteiger partial charge in [-0.05, 0) is 52.7 Å². The van der Waals surface area contributed by atoms with E-state index < -0.39 is 10.0 Å². The maximum atomic E-state index is 12.5. The van der Waals surface area contributed by atoms with Gasteiger partial charge >= 0.3 is 0 Å². The van der Waals surface area contributed by atoms with Crippen molar-refractivity contribution in [2.45, 2.75) is 11.8 Å². The molecule has 0 aliphatic rings. The molecule has 1 heterocycles. The molecule has 0 N–H and O–H groups in total. The van der Waals surface area contributed by atoms with Gasteiger partial charge in [0.05, 0.1) is 5.69 Å². The van der Waals surface area contributed by atoms with E-state index in [1.54, 1.807) is 42.7 Å². The van der Waals surface area contributed by atoms with Crippen LogP contribution in [0.15, 0.2) is 52.1 Å². The van der Waals surface area contributed by atoms with Crippen LogP contribution in [0.1, 0.15) is 5.56 Å². The SMILES string of the molecule is Cc1ccc(S(=O)(=O)N(C)c2ccncc2)c(Br)c1. The van der Waals surface area contributed by atoms with Gasteiger partial charge in [-0.25, -0.2) is 8.42 Å². The lowest BCUT2D eigenvalue weighted by Crippen LogP contribution is -2.26. The number of anilines is 1. The molecule has 4 nitrogen and oxygen atoms in total. The van der Waals surface area contributed by atoms with Crippen LogP contribution < -0.4 is 4.31 Å². The third-order valence-electron chi connectivity index (χ3n) is 2.75. The Labute approximate surface area is 121 Å². The van der Waals surface area contributed by atoms with Crippen molar-refractivity contribution in [2.75, 3.05) is 11.4 Å². The maximum absolute atomic E-state index is 12.5. The van der Waals surface area contributed by atoms with Crippen LogP contribution in [0, 0.1) is 6.92 Å². The number of halogens is 1. The van der Waals surface area contributed by atoms with Crippen LogP contribution in [0.5, 0.6) is 0 Å². The highest BCUT2D eigenvalue weighted by molar-refractivity contribution is 9.10. The quantitative estimate of drug-likeness (QED) is 0.862. The number of pyridine rings is 1. The summed E-state index contributed by atoms with van der Waals surface area (Å²) in [5, 5.41) is 0. The Hall–Kier alpha value is -1.40. The van der Waals surface area contributed by atoms with Crippen LogP contribution in [0.4, 0.5) is 5.69 Å². The minimum atomic E-state index is -3.58. The van der Waals surface area contributed by atoms with Crippen LogP contribution in [0.2, 0.25) is 0 Å². The molecule has 0 spiro atoms. The number of aryl methyl sites for hydroxylation is 1. The van der Waals surface area contributed by atoms with Gasteiger partial charge in [-0.3, -0.25) is 9.29 Å². The van der Waals surface area contributed by atoms with Crippen molar-refractivity contribution in [2.24, 2.45) is 0 Å². The highest BCUT2D eigenvalue weighted by atomic mass is 79.9. The molecule has 1 aromatic carbocycles. The molecule has 0 atom stereocenters. The third-order valence-corrected chi connectivity index (χ3v) is 5.51. The van der Waals surface area contributed by atoms with E-state index in [0.29, 0.717) is 10.2 Å². The molecule has 19 heavy (non-hydrogen) atoms. The zero-order chi connectivity index (χ0) is 14.0. The lowest BCUT2D eigenvalue weighted by molar-refractivity contribution is 0.594. The van der Waals surface area contributed by atoms with Crippen LogP contribution in [-0.2, 0) is 10.0 Å². The lowest BCUT2D eigenvalue weighted by atomic mass is 10.2. The van der Waals surface area contributed by atoms with Crippen molar-refractivity contribution in [3.05, 3.63) is 52.8 Å². The zero-order valence-corrected chi connectivity index (χ0v) is 12.9. The molecule has 0 unspecified atom stereocenters. The first-order valence-corrected chi connectivity index (χ1v) is 7.81. The molecule has 0 aliphatic carbocycles. The van der Waals surface area contributed by atoms with Crippen molar-refractivity contribution in [1.29, 1.82) is 0 Å². The normalized spacial score (nSPS) is 11.3. The van der Waals surface area contributed by atoms with Gasteiger partial charge in [-0.2, -0.15) is 0 Å². The molecule has 0 saturated carbocycles. The van der Waals surface area contributed by atoms with Gasteiger partial charge < -0.3 is 0 Å². The van der Waals surface area contributed by atoms with Gasteiger partial charge in [0.1, 0.15) is 4.90 Å². The molecule has 0 fully saturated rings. The third kappa shape index (κ3) is 2.79. The Kier molecular flexibility index (Phi) is 3.91. The molecule has 6 heteroatoms. The largest absolute Gasteiger partial charge is 0.269 e. The minimum Gasteiger partial charge on any atom is -0.269 e. The fourth-order valence-electron chi connectivity index (χ4n) is 1.66. The molecule has 2 aromatic rings. The summed E-state index contributed by atoms with van der Waals surface area (Å²) in [4.78, 5) is 4.13. The number of nitrogens with zero attached hydrogens (tertiary/aromatic N) is 2. The second-order valence-corrected chi connectivity index (χ2v) is 6.90. The van der Waals surface area contributed by atoms with Crippen molar-refractivity contribution in [1.82, 2.24) is 4.98 Å². The molecule has 100 valence electrons. The summed E-state index contributed by atoms with van der Waals surface area (Å²) in [6, 6.07) is 8.47. The summed E-state index contributed by atoms with van der Waals surface area (Å²) in [7, 11) is -2.06. The van der Waals surface area contributed by atoms with Crippen molar-refractivity contribution in [3.63, 3.8) is 0 Å². The zero-order valence-electron chi connectivity index (χ0n) is 10.5. The number of hydrogen-bond acceptors (Lipinski definition) is 3. The van der Waals surface area contributed by atoms with Crippen LogP contribution >= 0.6 is 15.9 Å². The van der Waals surface area contributed by atoms with Gasteiger partial charge in [0.15, 0.2) is 0 Å². The van der Waals surface area contributed by atoms with Gasteiger partial charge in [0.2, 0.25) is 0 Å². The van der Waals surface area contributed by atoms with Gasteiger partial charge in [0.25, 0.3) is 10.0 Å². The fourth-order valence-corrected chi connectivity index (χ4v) is 4.00. The van der Waals surface area contributed by atoms with E-state index in [1.807, 2.05) is 6.92 Å². The molecule has 1 aromatic heterocycles. The van der Waals surface area contributed by atoms with Crippen LogP contribution in [-0.4, -0.2) is 20.4 Å². The summed E-state index contributed by atoms with van der Waals surface area (Å²) in [6.07, 6.45) is 3.12. The average molecular weight is 341 g/mol. The minimum absolute atomic E-state index is 0.248. The fraction of sp³-hybridized carbons (Fsp3) is 0.154. The number of rotatable bonds is 3. The van der Waals surface area contributed by atoms with Crippen molar-refractivity contribution < 1.29 is 8.42 Å². The van der Waals surface area contributed by atoms with Crippen molar-refractivity contribution in [3.8, 4) is 0 Å². The summed E-state index contributed by atoms with van der Waals surface area (Å²) in [6.45, 7) is 1.91. The number of hydrogen-bond donors (Lipinski definition) is 0. The Balaban J connectivity index is 2.48. The Morgan fingerprint density at radius 1 is 1.16 bits per heavy atom. The van der Waals surface area contributed by atoms with E-state index in [4.69, 9.17) is 0 Å². The highest BCUT2D eigenvalue weighted by Crippen LogP contribution is 2.28. The summed E-state index contributed by atoms with van der Waals surface area (Å²) in [5.74, 6) is 0. The highest BCUT2D eigenvalue weighted by Gasteiger charge is 2.23. The summed E-state index contributed by atoms with van der Waals surface area (Å²) in [5.41, 5.74) is 1.57. The van der Waals surface area contributed by atoms with E-state index in [0.717, 1.165) is 5.56 Å². The first-order chi connectivity index (χ1) is 8.93. The number of aromatic nitrogens is 1. The van der Waals surface area contributed by atoms with Crippen molar-refractivity contribution >= 4 is 31.6 Å². The van der Waals surface area contributed by atoms with E-state index in [-0.39, 0.29) is 4.90 Å². The second-order valence-electron chi connectivity index (χ2n) is 4.11.